The number of thiocarbonyl (C=S) groups is 1. The average Bonchev–Trinajstić information content (AvgIpc) is 2.54. The van der Waals surface area contributed by atoms with Crippen LogP contribution in [-0.2, 0) is 4.79 Å². The second-order valence-electron chi connectivity index (χ2n) is 5.64. The SMILES string of the molecule is O=C(O)[C@@H]1C[C@@H](NC(=S)Nc2ccccc2)c2c(Cl)cc(Cl)cc2N1. The predicted octanol–water partition coefficient (Wildman–Crippen LogP) is 4.29. The van der Waals surface area contributed by atoms with Gasteiger partial charge in [0.15, 0.2) is 5.11 Å². The summed E-state index contributed by atoms with van der Waals surface area (Å²) in [5, 5.41) is 19.9. The maximum Gasteiger partial charge on any atom is 0.326 e. The maximum atomic E-state index is 11.5. The summed E-state index contributed by atoms with van der Waals surface area (Å²) in [7, 11) is 0. The molecular formula is C17H15Cl2N3O2S. The monoisotopic (exact) mass is 395 g/mol. The number of carboxylic acids is 1. The molecule has 4 N–H and O–H groups in total. The Morgan fingerprint density at radius 3 is 2.64 bits per heavy atom. The van der Waals surface area contributed by atoms with Crippen molar-refractivity contribution < 1.29 is 9.90 Å². The van der Waals surface area contributed by atoms with Gasteiger partial charge in [0.2, 0.25) is 0 Å². The van der Waals surface area contributed by atoms with Gasteiger partial charge in [-0.25, -0.2) is 4.79 Å². The predicted molar refractivity (Wildman–Crippen MR) is 105 cm³/mol. The fourth-order valence-electron chi connectivity index (χ4n) is 2.80. The number of fused-ring (bicyclic) bond motifs is 1. The molecule has 2 aromatic carbocycles. The smallest absolute Gasteiger partial charge is 0.326 e. The molecule has 1 aliphatic heterocycles. The molecule has 2 aromatic rings. The van der Waals surface area contributed by atoms with E-state index in [-0.39, 0.29) is 6.04 Å². The van der Waals surface area contributed by atoms with Crippen LogP contribution in [0.1, 0.15) is 18.0 Å². The second-order valence-corrected chi connectivity index (χ2v) is 6.89. The molecule has 0 aliphatic carbocycles. The zero-order chi connectivity index (χ0) is 18.0. The van der Waals surface area contributed by atoms with Crippen LogP contribution in [0.2, 0.25) is 10.0 Å². The van der Waals surface area contributed by atoms with Crippen molar-refractivity contribution in [3.05, 3.63) is 58.1 Å². The van der Waals surface area contributed by atoms with Crippen LogP contribution in [0.4, 0.5) is 11.4 Å². The van der Waals surface area contributed by atoms with E-state index in [9.17, 15) is 9.90 Å². The summed E-state index contributed by atoms with van der Waals surface area (Å²) >= 11 is 17.7. The van der Waals surface area contributed by atoms with E-state index in [1.54, 1.807) is 12.1 Å². The van der Waals surface area contributed by atoms with E-state index in [0.29, 0.717) is 27.3 Å². The summed E-state index contributed by atoms with van der Waals surface area (Å²) in [6, 6.07) is 11.6. The number of anilines is 2. The fraction of sp³-hybridized carbons (Fsp3) is 0.176. The van der Waals surface area contributed by atoms with Crippen molar-refractivity contribution in [3.63, 3.8) is 0 Å². The molecule has 130 valence electrons. The third-order valence-corrected chi connectivity index (χ3v) is 4.63. The molecule has 0 radical (unpaired) electrons. The van der Waals surface area contributed by atoms with Gasteiger partial charge >= 0.3 is 5.97 Å². The Balaban J connectivity index is 1.85. The lowest BCUT2D eigenvalue weighted by Crippen LogP contribution is -2.42. The number of hydrogen-bond donors (Lipinski definition) is 4. The van der Waals surface area contributed by atoms with Gasteiger partial charge in [-0.1, -0.05) is 41.4 Å². The molecule has 5 nitrogen and oxygen atoms in total. The lowest BCUT2D eigenvalue weighted by Gasteiger charge is -2.33. The standard InChI is InChI=1S/C17H15Cl2N3O2S/c18-9-6-11(19)15-12(7-9)21-14(16(23)24)8-13(15)22-17(25)20-10-4-2-1-3-5-10/h1-7,13-14,21H,8H2,(H,23,24)(H2,20,22,25)/t13-,14+/m1/s1. The van der Waals surface area contributed by atoms with Crippen molar-refractivity contribution >= 4 is 57.9 Å². The van der Waals surface area contributed by atoms with Gasteiger partial charge in [-0.15, -0.1) is 0 Å². The zero-order valence-electron chi connectivity index (χ0n) is 12.9. The summed E-state index contributed by atoms with van der Waals surface area (Å²) in [6.07, 6.45) is 0.292. The van der Waals surface area contributed by atoms with E-state index in [0.717, 1.165) is 11.3 Å². The topological polar surface area (TPSA) is 73.4 Å². The Kier molecular flexibility index (Phi) is 5.32. The molecule has 3 rings (SSSR count). The molecule has 1 aliphatic rings. The maximum absolute atomic E-state index is 11.5. The molecule has 0 bridgehead atoms. The number of carboxylic acid groups (broad SMARTS) is 1. The number of hydrogen-bond acceptors (Lipinski definition) is 3. The molecule has 0 spiro atoms. The van der Waals surface area contributed by atoms with E-state index < -0.39 is 12.0 Å². The minimum absolute atomic E-state index is 0.292. The first-order valence-corrected chi connectivity index (χ1v) is 8.71. The Bertz CT molecular complexity index is 817. The highest BCUT2D eigenvalue weighted by Gasteiger charge is 2.33. The summed E-state index contributed by atoms with van der Waals surface area (Å²) in [5.41, 5.74) is 2.18. The Morgan fingerprint density at radius 1 is 1.24 bits per heavy atom. The number of carbonyl (C=O) groups is 1. The Hall–Kier alpha value is -2.02. The van der Waals surface area contributed by atoms with Crippen molar-refractivity contribution in [2.45, 2.75) is 18.5 Å². The zero-order valence-corrected chi connectivity index (χ0v) is 15.3. The molecular weight excluding hydrogens is 381 g/mol. The highest BCUT2D eigenvalue weighted by atomic mass is 35.5. The number of nitrogens with one attached hydrogen (secondary N) is 3. The summed E-state index contributed by atoms with van der Waals surface area (Å²) in [6.45, 7) is 0. The van der Waals surface area contributed by atoms with Crippen molar-refractivity contribution in [1.29, 1.82) is 0 Å². The van der Waals surface area contributed by atoms with Gasteiger partial charge in [0.05, 0.1) is 6.04 Å². The van der Waals surface area contributed by atoms with Gasteiger partial charge in [0.25, 0.3) is 0 Å². The van der Waals surface area contributed by atoms with Crippen molar-refractivity contribution in [2.75, 3.05) is 10.6 Å². The minimum atomic E-state index is -0.949. The summed E-state index contributed by atoms with van der Waals surface area (Å²) in [4.78, 5) is 11.5. The molecule has 8 heteroatoms. The largest absolute Gasteiger partial charge is 0.480 e. The fourth-order valence-corrected chi connectivity index (χ4v) is 3.68. The van der Waals surface area contributed by atoms with E-state index >= 15 is 0 Å². The Labute approximate surface area is 160 Å². The summed E-state index contributed by atoms with van der Waals surface area (Å²) in [5.74, 6) is -0.949. The van der Waals surface area contributed by atoms with Gasteiger partial charge < -0.3 is 21.1 Å². The molecule has 1 heterocycles. The lowest BCUT2D eigenvalue weighted by atomic mass is 9.93. The first-order chi connectivity index (χ1) is 11.9. The minimum Gasteiger partial charge on any atom is -0.480 e. The third-order valence-electron chi connectivity index (χ3n) is 3.88. The van der Waals surface area contributed by atoms with Crippen LogP contribution in [0.5, 0.6) is 0 Å². The van der Waals surface area contributed by atoms with Gasteiger partial charge in [-0.3, -0.25) is 0 Å². The van der Waals surface area contributed by atoms with E-state index in [1.165, 1.54) is 0 Å². The molecule has 0 saturated carbocycles. The normalized spacial score (nSPS) is 18.6. The molecule has 0 amide bonds. The molecule has 0 fully saturated rings. The summed E-state index contributed by atoms with van der Waals surface area (Å²) < 4.78 is 0. The quantitative estimate of drug-likeness (QED) is 0.581. The van der Waals surface area contributed by atoms with Crippen LogP contribution in [0, 0.1) is 0 Å². The van der Waals surface area contributed by atoms with E-state index in [2.05, 4.69) is 16.0 Å². The van der Waals surface area contributed by atoms with Gasteiger partial charge in [0.1, 0.15) is 6.04 Å². The molecule has 0 unspecified atom stereocenters. The first kappa shape index (κ1) is 17.8. The van der Waals surface area contributed by atoms with Crippen LogP contribution in [0.3, 0.4) is 0 Å². The average molecular weight is 396 g/mol. The Morgan fingerprint density at radius 2 is 1.96 bits per heavy atom. The van der Waals surface area contributed by atoms with Crippen LogP contribution in [0.15, 0.2) is 42.5 Å². The second kappa shape index (κ2) is 7.47. The molecule has 2 atom stereocenters. The molecule has 0 saturated heterocycles. The van der Waals surface area contributed by atoms with Gasteiger partial charge in [-0.2, -0.15) is 0 Å². The van der Waals surface area contributed by atoms with Crippen molar-refractivity contribution in [3.8, 4) is 0 Å². The van der Waals surface area contributed by atoms with Crippen LogP contribution < -0.4 is 16.0 Å². The number of halogens is 2. The van der Waals surface area contributed by atoms with Gasteiger partial charge in [0, 0.05) is 33.4 Å². The highest BCUT2D eigenvalue weighted by Crippen LogP contribution is 2.39. The van der Waals surface area contributed by atoms with Crippen LogP contribution >= 0.6 is 35.4 Å². The van der Waals surface area contributed by atoms with E-state index in [1.807, 2.05) is 30.3 Å². The number of rotatable bonds is 3. The third kappa shape index (κ3) is 4.15. The first-order valence-electron chi connectivity index (χ1n) is 7.55. The lowest BCUT2D eigenvalue weighted by molar-refractivity contribution is -0.138. The van der Waals surface area contributed by atoms with Gasteiger partial charge in [-0.05, 0) is 36.5 Å². The highest BCUT2D eigenvalue weighted by molar-refractivity contribution is 7.80. The van der Waals surface area contributed by atoms with Crippen molar-refractivity contribution in [1.82, 2.24) is 5.32 Å². The number of para-hydroxylation sites is 1. The number of benzene rings is 2. The van der Waals surface area contributed by atoms with Crippen LogP contribution in [-0.4, -0.2) is 22.2 Å². The van der Waals surface area contributed by atoms with E-state index in [4.69, 9.17) is 35.4 Å². The number of aliphatic carboxylic acids is 1. The van der Waals surface area contributed by atoms with Crippen molar-refractivity contribution in [2.24, 2.45) is 0 Å². The molecule has 0 aromatic heterocycles. The molecule has 25 heavy (non-hydrogen) atoms. The van der Waals surface area contributed by atoms with Crippen LogP contribution in [0.25, 0.3) is 0 Å².